The minimum atomic E-state index is -0.613. The van der Waals surface area contributed by atoms with Gasteiger partial charge in [0.25, 0.3) is 0 Å². The predicted octanol–water partition coefficient (Wildman–Crippen LogP) is 4.32. The zero-order chi connectivity index (χ0) is 14.4. The van der Waals surface area contributed by atoms with E-state index in [2.05, 4.69) is 41.7 Å². The average Bonchev–Trinajstić information content (AvgIpc) is 2.54. The van der Waals surface area contributed by atoms with Crippen molar-refractivity contribution in [2.75, 3.05) is 11.9 Å². The van der Waals surface area contributed by atoms with Crippen LogP contribution in [-0.4, -0.2) is 17.3 Å². The Kier molecular flexibility index (Phi) is 4.80. The Balaban J connectivity index is 2.02. The van der Waals surface area contributed by atoms with E-state index in [1.54, 1.807) is 0 Å². The van der Waals surface area contributed by atoms with Gasteiger partial charge in [0, 0.05) is 12.2 Å². The highest BCUT2D eigenvalue weighted by Gasteiger charge is 2.21. The molecule has 20 heavy (non-hydrogen) atoms. The lowest BCUT2D eigenvalue weighted by Gasteiger charge is -2.26. The van der Waals surface area contributed by atoms with E-state index in [1.165, 1.54) is 11.1 Å². The second-order valence-electron chi connectivity index (χ2n) is 5.23. The SMILES string of the molecule is CCC(O)(CC)CNc1ccc(-c2ccccc2)cc1. The normalized spacial score (nSPS) is 11.3. The van der Waals surface area contributed by atoms with Crippen LogP contribution in [0.2, 0.25) is 0 Å². The van der Waals surface area contributed by atoms with Gasteiger partial charge in [-0.1, -0.05) is 56.3 Å². The van der Waals surface area contributed by atoms with Crippen LogP contribution in [0.1, 0.15) is 26.7 Å². The standard InChI is InChI=1S/C18H23NO/c1-3-18(20,4-2)14-19-17-12-10-16(11-13-17)15-8-6-5-7-9-15/h5-13,19-20H,3-4,14H2,1-2H3. The smallest absolute Gasteiger partial charge is 0.0814 e. The number of hydrogen-bond donors (Lipinski definition) is 2. The summed E-state index contributed by atoms with van der Waals surface area (Å²) in [6.45, 7) is 4.62. The van der Waals surface area contributed by atoms with E-state index in [1.807, 2.05) is 32.0 Å². The van der Waals surface area contributed by atoms with Gasteiger partial charge in [-0.05, 0) is 36.1 Å². The fraction of sp³-hybridized carbons (Fsp3) is 0.333. The maximum atomic E-state index is 10.3. The van der Waals surface area contributed by atoms with Gasteiger partial charge in [0.2, 0.25) is 0 Å². The van der Waals surface area contributed by atoms with E-state index in [9.17, 15) is 5.11 Å². The minimum absolute atomic E-state index is 0.588. The topological polar surface area (TPSA) is 32.3 Å². The highest BCUT2D eigenvalue weighted by Crippen LogP contribution is 2.22. The molecule has 0 unspecified atom stereocenters. The summed E-state index contributed by atoms with van der Waals surface area (Å²) in [5.41, 5.74) is 2.86. The number of aliphatic hydroxyl groups is 1. The number of anilines is 1. The summed E-state index contributed by atoms with van der Waals surface area (Å²) in [6, 6.07) is 18.7. The van der Waals surface area contributed by atoms with Crippen LogP contribution in [0, 0.1) is 0 Å². The van der Waals surface area contributed by atoms with Crippen molar-refractivity contribution in [3.63, 3.8) is 0 Å². The van der Waals surface area contributed by atoms with Crippen LogP contribution in [0.25, 0.3) is 11.1 Å². The molecule has 0 bridgehead atoms. The summed E-state index contributed by atoms with van der Waals surface area (Å²) >= 11 is 0. The zero-order valence-corrected chi connectivity index (χ0v) is 12.3. The van der Waals surface area contributed by atoms with Gasteiger partial charge in [-0.15, -0.1) is 0 Å². The molecule has 106 valence electrons. The molecule has 0 aromatic heterocycles. The van der Waals surface area contributed by atoms with Crippen molar-refractivity contribution < 1.29 is 5.11 Å². The average molecular weight is 269 g/mol. The maximum absolute atomic E-state index is 10.3. The van der Waals surface area contributed by atoms with Crippen molar-refractivity contribution in [3.05, 3.63) is 54.6 Å². The molecule has 2 nitrogen and oxygen atoms in total. The third-order valence-corrected chi connectivity index (χ3v) is 3.93. The minimum Gasteiger partial charge on any atom is -0.388 e. The van der Waals surface area contributed by atoms with Crippen molar-refractivity contribution in [2.45, 2.75) is 32.3 Å². The molecule has 2 aromatic carbocycles. The summed E-state index contributed by atoms with van der Waals surface area (Å²) in [6.07, 6.45) is 1.52. The highest BCUT2D eigenvalue weighted by molar-refractivity contribution is 5.65. The fourth-order valence-electron chi connectivity index (χ4n) is 2.18. The molecule has 0 aliphatic heterocycles. The predicted molar refractivity (Wildman–Crippen MR) is 85.9 cm³/mol. The van der Waals surface area contributed by atoms with E-state index in [0.717, 1.165) is 18.5 Å². The molecule has 0 fully saturated rings. The first-order valence-corrected chi connectivity index (χ1v) is 7.28. The second kappa shape index (κ2) is 6.58. The van der Waals surface area contributed by atoms with E-state index in [0.29, 0.717) is 6.54 Å². The lowest BCUT2D eigenvalue weighted by molar-refractivity contribution is 0.0457. The van der Waals surface area contributed by atoms with Gasteiger partial charge in [0.05, 0.1) is 5.60 Å². The molecule has 0 aliphatic rings. The van der Waals surface area contributed by atoms with Crippen LogP contribution < -0.4 is 5.32 Å². The Hall–Kier alpha value is -1.80. The summed E-state index contributed by atoms with van der Waals surface area (Å²) in [5, 5.41) is 13.6. The molecule has 2 N–H and O–H groups in total. The lowest BCUT2D eigenvalue weighted by atomic mass is 9.97. The number of hydrogen-bond acceptors (Lipinski definition) is 2. The van der Waals surface area contributed by atoms with Crippen molar-refractivity contribution >= 4 is 5.69 Å². The number of rotatable bonds is 6. The molecule has 0 heterocycles. The molecule has 0 spiro atoms. The van der Waals surface area contributed by atoms with Crippen molar-refractivity contribution in [3.8, 4) is 11.1 Å². The molecule has 0 saturated heterocycles. The van der Waals surface area contributed by atoms with Crippen molar-refractivity contribution in [2.24, 2.45) is 0 Å². The quantitative estimate of drug-likeness (QED) is 0.818. The van der Waals surface area contributed by atoms with Gasteiger partial charge in [-0.3, -0.25) is 0 Å². The largest absolute Gasteiger partial charge is 0.388 e. The summed E-state index contributed by atoms with van der Waals surface area (Å²) in [7, 11) is 0. The first-order chi connectivity index (χ1) is 9.67. The Labute approximate surface area is 121 Å². The molecule has 2 aromatic rings. The van der Waals surface area contributed by atoms with Gasteiger partial charge in [-0.25, -0.2) is 0 Å². The van der Waals surface area contributed by atoms with E-state index in [4.69, 9.17) is 0 Å². The zero-order valence-electron chi connectivity index (χ0n) is 12.3. The molecular weight excluding hydrogens is 246 g/mol. The fourth-order valence-corrected chi connectivity index (χ4v) is 2.18. The van der Waals surface area contributed by atoms with Crippen LogP contribution >= 0.6 is 0 Å². The molecular formula is C18H23NO. The van der Waals surface area contributed by atoms with Gasteiger partial charge in [0.15, 0.2) is 0 Å². The van der Waals surface area contributed by atoms with Crippen molar-refractivity contribution in [1.82, 2.24) is 0 Å². The molecule has 0 radical (unpaired) electrons. The van der Waals surface area contributed by atoms with Crippen LogP contribution in [0.4, 0.5) is 5.69 Å². The summed E-state index contributed by atoms with van der Waals surface area (Å²) < 4.78 is 0. The van der Waals surface area contributed by atoms with Gasteiger partial charge >= 0.3 is 0 Å². The number of benzene rings is 2. The monoisotopic (exact) mass is 269 g/mol. The third kappa shape index (κ3) is 3.61. The molecule has 2 rings (SSSR count). The lowest BCUT2D eigenvalue weighted by Crippen LogP contribution is -2.35. The van der Waals surface area contributed by atoms with Crippen LogP contribution in [0.5, 0.6) is 0 Å². The highest BCUT2D eigenvalue weighted by atomic mass is 16.3. The van der Waals surface area contributed by atoms with Crippen molar-refractivity contribution in [1.29, 1.82) is 0 Å². The first-order valence-electron chi connectivity index (χ1n) is 7.28. The molecule has 0 aliphatic carbocycles. The van der Waals surface area contributed by atoms with Crippen LogP contribution in [0.3, 0.4) is 0 Å². The Morgan fingerprint density at radius 1 is 0.850 bits per heavy atom. The summed E-state index contributed by atoms with van der Waals surface area (Å²) in [4.78, 5) is 0. The van der Waals surface area contributed by atoms with Crippen LogP contribution in [-0.2, 0) is 0 Å². The van der Waals surface area contributed by atoms with E-state index >= 15 is 0 Å². The van der Waals surface area contributed by atoms with E-state index in [-0.39, 0.29) is 0 Å². The third-order valence-electron chi connectivity index (χ3n) is 3.93. The van der Waals surface area contributed by atoms with Gasteiger partial charge in [-0.2, -0.15) is 0 Å². The van der Waals surface area contributed by atoms with E-state index < -0.39 is 5.60 Å². The summed E-state index contributed by atoms with van der Waals surface area (Å²) in [5.74, 6) is 0. The first kappa shape index (κ1) is 14.6. The maximum Gasteiger partial charge on any atom is 0.0814 e. The molecule has 0 atom stereocenters. The molecule has 0 amide bonds. The number of nitrogens with one attached hydrogen (secondary N) is 1. The Bertz CT molecular complexity index is 515. The second-order valence-corrected chi connectivity index (χ2v) is 5.23. The molecule has 0 saturated carbocycles. The van der Waals surface area contributed by atoms with Gasteiger partial charge < -0.3 is 10.4 Å². The Morgan fingerprint density at radius 3 is 1.95 bits per heavy atom. The van der Waals surface area contributed by atoms with Crippen LogP contribution in [0.15, 0.2) is 54.6 Å². The molecule has 2 heteroatoms. The van der Waals surface area contributed by atoms with Gasteiger partial charge in [0.1, 0.15) is 0 Å². The Morgan fingerprint density at radius 2 is 1.40 bits per heavy atom.